The van der Waals surface area contributed by atoms with Crippen LogP contribution in [0.2, 0.25) is 0 Å². The molecule has 0 saturated carbocycles. The van der Waals surface area contributed by atoms with E-state index in [0.29, 0.717) is 13.0 Å². The third-order valence-electron chi connectivity index (χ3n) is 3.37. The second kappa shape index (κ2) is 6.61. The lowest BCUT2D eigenvalue weighted by atomic mass is 10.1. The van der Waals surface area contributed by atoms with Crippen LogP contribution in [0.1, 0.15) is 31.4 Å². The van der Waals surface area contributed by atoms with Gasteiger partial charge in [-0.3, -0.25) is 4.79 Å². The maximum atomic E-state index is 11.6. The van der Waals surface area contributed by atoms with Crippen molar-refractivity contribution in [3.8, 4) is 11.5 Å². The normalized spacial score (nSPS) is 14.4. The molecule has 0 spiro atoms. The van der Waals surface area contributed by atoms with Gasteiger partial charge in [-0.2, -0.15) is 0 Å². The Hall–Kier alpha value is -1.75. The van der Waals surface area contributed by atoms with Gasteiger partial charge in [0.15, 0.2) is 11.5 Å². The fourth-order valence-corrected chi connectivity index (χ4v) is 2.24. The van der Waals surface area contributed by atoms with Crippen LogP contribution in [0.15, 0.2) is 18.2 Å². The predicted octanol–water partition coefficient (Wildman–Crippen LogP) is 1.93. The van der Waals surface area contributed by atoms with Gasteiger partial charge >= 0.3 is 0 Å². The monoisotopic (exact) mass is 278 g/mol. The molecule has 1 heterocycles. The molecule has 1 atom stereocenters. The molecule has 1 amide bonds. The average molecular weight is 278 g/mol. The summed E-state index contributed by atoms with van der Waals surface area (Å²) in [7, 11) is 4.00. The van der Waals surface area contributed by atoms with Gasteiger partial charge in [0.1, 0.15) is 0 Å². The van der Waals surface area contributed by atoms with Gasteiger partial charge in [-0.15, -0.1) is 0 Å². The lowest BCUT2D eigenvalue weighted by Crippen LogP contribution is -2.34. The Kier molecular flexibility index (Phi) is 4.84. The van der Waals surface area contributed by atoms with E-state index in [-0.39, 0.29) is 18.7 Å². The third-order valence-corrected chi connectivity index (χ3v) is 3.37. The van der Waals surface area contributed by atoms with Crippen molar-refractivity contribution in [2.45, 2.75) is 25.8 Å². The first-order valence-electron chi connectivity index (χ1n) is 6.94. The molecule has 1 aliphatic rings. The number of amides is 1. The standard InChI is InChI=1S/C15H22N2O3/c1-4-5-15(18)16-9-12(17(2)3)11-6-7-13-14(8-11)20-10-19-13/h6-8,12H,4-5,9-10H2,1-3H3,(H,16,18)/t12-/m1/s1. The molecular formula is C15H22N2O3. The Balaban J connectivity index is 2.06. The molecule has 20 heavy (non-hydrogen) atoms. The Morgan fingerprint density at radius 3 is 2.80 bits per heavy atom. The number of carbonyl (C=O) groups excluding carboxylic acids is 1. The summed E-state index contributed by atoms with van der Waals surface area (Å²) >= 11 is 0. The Morgan fingerprint density at radius 2 is 2.10 bits per heavy atom. The van der Waals surface area contributed by atoms with Crippen LogP contribution in [0.4, 0.5) is 0 Å². The van der Waals surface area contributed by atoms with Gasteiger partial charge in [-0.1, -0.05) is 13.0 Å². The highest BCUT2D eigenvalue weighted by atomic mass is 16.7. The molecule has 0 unspecified atom stereocenters. The van der Waals surface area contributed by atoms with Crippen LogP contribution in [-0.2, 0) is 4.79 Å². The average Bonchev–Trinajstić information content (AvgIpc) is 2.86. The van der Waals surface area contributed by atoms with Crippen molar-refractivity contribution in [1.29, 1.82) is 0 Å². The minimum Gasteiger partial charge on any atom is -0.454 e. The zero-order valence-corrected chi connectivity index (χ0v) is 12.3. The van der Waals surface area contributed by atoms with E-state index in [1.807, 2.05) is 39.2 Å². The molecule has 1 N–H and O–H groups in total. The van der Waals surface area contributed by atoms with Gasteiger partial charge < -0.3 is 19.7 Å². The Bertz CT molecular complexity index is 474. The van der Waals surface area contributed by atoms with Crippen LogP contribution in [0.3, 0.4) is 0 Å². The summed E-state index contributed by atoms with van der Waals surface area (Å²) in [6, 6.07) is 6.04. The van der Waals surface area contributed by atoms with Gasteiger partial charge in [0.25, 0.3) is 0 Å². The van der Waals surface area contributed by atoms with Crippen LogP contribution >= 0.6 is 0 Å². The molecule has 1 aromatic carbocycles. The molecule has 1 aromatic rings. The summed E-state index contributed by atoms with van der Waals surface area (Å²) in [5.41, 5.74) is 1.11. The van der Waals surface area contributed by atoms with Crippen LogP contribution < -0.4 is 14.8 Å². The summed E-state index contributed by atoms with van der Waals surface area (Å²) in [5, 5.41) is 2.98. The Labute approximate surface area is 119 Å². The molecule has 0 aliphatic carbocycles. The fraction of sp³-hybridized carbons (Fsp3) is 0.533. The molecule has 0 bridgehead atoms. The SMILES string of the molecule is CCCC(=O)NC[C@H](c1ccc2c(c1)OCO2)N(C)C. The van der Waals surface area contributed by atoms with Crippen molar-refractivity contribution in [3.63, 3.8) is 0 Å². The van der Waals surface area contributed by atoms with Gasteiger partial charge in [0, 0.05) is 13.0 Å². The lowest BCUT2D eigenvalue weighted by molar-refractivity contribution is -0.121. The summed E-state index contributed by atoms with van der Waals surface area (Å²) < 4.78 is 10.7. The van der Waals surface area contributed by atoms with Crippen LogP contribution in [0.5, 0.6) is 11.5 Å². The number of likely N-dealkylation sites (N-methyl/N-ethyl adjacent to an activating group) is 1. The maximum absolute atomic E-state index is 11.6. The van der Waals surface area contributed by atoms with Crippen molar-refractivity contribution in [2.24, 2.45) is 0 Å². The molecule has 0 saturated heterocycles. The fourth-order valence-electron chi connectivity index (χ4n) is 2.24. The van der Waals surface area contributed by atoms with Gasteiger partial charge in [-0.05, 0) is 38.2 Å². The van der Waals surface area contributed by atoms with Crippen LogP contribution in [0.25, 0.3) is 0 Å². The van der Waals surface area contributed by atoms with Crippen molar-refractivity contribution in [1.82, 2.24) is 10.2 Å². The number of ether oxygens (including phenoxy) is 2. The first-order chi connectivity index (χ1) is 9.61. The number of nitrogens with one attached hydrogen (secondary N) is 1. The van der Waals surface area contributed by atoms with Crippen molar-refractivity contribution >= 4 is 5.91 Å². The molecule has 0 radical (unpaired) electrons. The Morgan fingerprint density at radius 1 is 1.35 bits per heavy atom. The highest BCUT2D eigenvalue weighted by Gasteiger charge is 2.19. The molecule has 5 nitrogen and oxygen atoms in total. The summed E-state index contributed by atoms with van der Waals surface area (Å²) in [5.74, 6) is 1.65. The zero-order chi connectivity index (χ0) is 14.5. The van der Waals surface area contributed by atoms with E-state index < -0.39 is 0 Å². The quantitative estimate of drug-likeness (QED) is 0.864. The minimum absolute atomic E-state index is 0.0973. The number of hydrogen-bond donors (Lipinski definition) is 1. The number of carbonyl (C=O) groups is 1. The van der Waals surface area contributed by atoms with Gasteiger partial charge in [0.05, 0.1) is 6.04 Å². The predicted molar refractivity (Wildman–Crippen MR) is 76.9 cm³/mol. The number of fused-ring (bicyclic) bond motifs is 1. The van der Waals surface area contributed by atoms with E-state index >= 15 is 0 Å². The molecule has 0 fully saturated rings. The first-order valence-corrected chi connectivity index (χ1v) is 6.94. The van der Waals surface area contributed by atoms with Crippen molar-refractivity contribution < 1.29 is 14.3 Å². The summed E-state index contributed by atoms with van der Waals surface area (Å²) in [4.78, 5) is 13.7. The highest BCUT2D eigenvalue weighted by molar-refractivity contribution is 5.75. The van der Waals surface area contributed by atoms with E-state index in [4.69, 9.17) is 9.47 Å². The molecule has 1 aliphatic heterocycles. The molecular weight excluding hydrogens is 256 g/mol. The first kappa shape index (κ1) is 14.7. The molecule has 5 heteroatoms. The molecule has 0 aromatic heterocycles. The van der Waals surface area contributed by atoms with E-state index in [9.17, 15) is 4.79 Å². The van der Waals surface area contributed by atoms with Crippen LogP contribution in [0, 0.1) is 0 Å². The zero-order valence-electron chi connectivity index (χ0n) is 12.3. The van der Waals surface area contributed by atoms with Gasteiger partial charge in [-0.25, -0.2) is 0 Å². The van der Waals surface area contributed by atoms with E-state index in [2.05, 4.69) is 10.2 Å². The number of rotatable bonds is 6. The summed E-state index contributed by atoms with van der Waals surface area (Å²) in [6.07, 6.45) is 1.43. The highest BCUT2D eigenvalue weighted by Crippen LogP contribution is 2.34. The number of hydrogen-bond acceptors (Lipinski definition) is 4. The largest absolute Gasteiger partial charge is 0.454 e. The molecule has 110 valence electrons. The molecule has 2 rings (SSSR count). The third kappa shape index (κ3) is 3.42. The van der Waals surface area contributed by atoms with E-state index in [0.717, 1.165) is 23.5 Å². The lowest BCUT2D eigenvalue weighted by Gasteiger charge is -2.25. The number of benzene rings is 1. The smallest absolute Gasteiger partial charge is 0.231 e. The summed E-state index contributed by atoms with van der Waals surface area (Å²) in [6.45, 7) is 2.87. The van der Waals surface area contributed by atoms with E-state index in [1.54, 1.807) is 0 Å². The topological polar surface area (TPSA) is 50.8 Å². The minimum atomic E-state index is 0.0973. The number of nitrogens with zero attached hydrogens (tertiary/aromatic N) is 1. The van der Waals surface area contributed by atoms with Crippen molar-refractivity contribution in [2.75, 3.05) is 27.4 Å². The van der Waals surface area contributed by atoms with Crippen LogP contribution in [-0.4, -0.2) is 38.2 Å². The van der Waals surface area contributed by atoms with E-state index in [1.165, 1.54) is 0 Å². The second-order valence-corrected chi connectivity index (χ2v) is 5.15. The van der Waals surface area contributed by atoms with Crippen molar-refractivity contribution in [3.05, 3.63) is 23.8 Å². The maximum Gasteiger partial charge on any atom is 0.231 e. The second-order valence-electron chi connectivity index (χ2n) is 5.15. The van der Waals surface area contributed by atoms with Gasteiger partial charge in [0.2, 0.25) is 12.7 Å².